The topological polar surface area (TPSA) is 74.6 Å². The molecular formula is C6H10Br2CdO4. The van der Waals surface area contributed by atoms with Crippen LogP contribution in [0.4, 0.5) is 0 Å². The van der Waals surface area contributed by atoms with Gasteiger partial charge in [0.15, 0.2) is 0 Å². The van der Waals surface area contributed by atoms with Crippen molar-refractivity contribution in [1.82, 2.24) is 0 Å². The van der Waals surface area contributed by atoms with Crippen molar-refractivity contribution < 1.29 is 47.1 Å². The van der Waals surface area contributed by atoms with E-state index >= 15 is 0 Å². The van der Waals surface area contributed by atoms with Gasteiger partial charge in [-0.25, -0.2) is 0 Å². The maximum Gasteiger partial charge on any atom is 0.304 e. The number of carboxylic acids is 2. The van der Waals surface area contributed by atoms with Gasteiger partial charge in [-0.05, 0) is 0 Å². The van der Waals surface area contributed by atoms with Gasteiger partial charge in [0.05, 0.1) is 12.8 Å². The van der Waals surface area contributed by atoms with Gasteiger partial charge in [0.25, 0.3) is 0 Å². The van der Waals surface area contributed by atoms with Gasteiger partial charge >= 0.3 is 11.9 Å². The molecule has 74 valence electrons. The number of aliphatic carboxylic acids is 2. The Labute approximate surface area is 113 Å². The monoisotopic (exact) mass is 418 g/mol. The number of hydrogen-bond donors (Lipinski definition) is 2. The molecule has 0 amide bonds. The van der Waals surface area contributed by atoms with Gasteiger partial charge in [-0.15, -0.1) is 0 Å². The summed E-state index contributed by atoms with van der Waals surface area (Å²) in [4.78, 5) is 19.1. The zero-order chi connectivity index (χ0) is 9.98. The first kappa shape index (κ1) is 19.4. The smallest absolute Gasteiger partial charge is 0.304 e. The van der Waals surface area contributed by atoms with Crippen molar-refractivity contribution in [2.24, 2.45) is 0 Å². The molecule has 0 fully saturated rings. The average molecular weight is 418 g/mol. The van der Waals surface area contributed by atoms with Crippen LogP contribution in [0.1, 0.15) is 12.8 Å². The zero-order valence-corrected chi connectivity index (χ0v) is 14.2. The summed E-state index contributed by atoms with van der Waals surface area (Å²) in [5, 5.41) is 16.9. The predicted molar refractivity (Wildman–Crippen MR) is 52.1 cm³/mol. The van der Waals surface area contributed by atoms with Crippen LogP contribution < -0.4 is 0 Å². The van der Waals surface area contributed by atoms with Crippen molar-refractivity contribution in [1.29, 1.82) is 0 Å². The van der Waals surface area contributed by atoms with Crippen LogP contribution >= 0.6 is 31.9 Å². The first-order valence-electron chi connectivity index (χ1n) is 3.10. The van der Waals surface area contributed by atoms with Gasteiger partial charge < -0.3 is 10.2 Å². The Kier molecular flexibility index (Phi) is 22.8. The van der Waals surface area contributed by atoms with E-state index in [4.69, 9.17) is 10.2 Å². The van der Waals surface area contributed by atoms with Crippen LogP contribution in [0.2, 0.25) is 0 Å². The SMILES string of the molecule is O=C(O)CCBr.O=C(O)CCBr.[Cd]. The van der Waals surface area contributed by atoms with Crippen LogP contribution in [0.5, 0.6) is 0 Å². The first-order valence-corrected chi connectivity index (χ1v) is 5.34. The van der Waals surface area contributed by atoms with Gasteiger partial charge in [-0.3, -0.25) is 9.59 Å². The molecule has 0 heterocycles. The molecule has 0 spiro atoms. The predicted octanol–water partition coefficient (Wildman–Crippen LogP) is 1.71. The molecule has 0 aromatic rings. The van der Waals surface area contributed by atoms with E-state index in [9.17, 15) is 9.59 Å². The van der Waals surface area contributed by atoms with E-state index in [1.54, 1.807) is 0 Å². The number of carboxylic acid groups (broad SMARTS) is 2. The second-order valence-corrected chi connectivity index (χ2v) is 3.25. The van der Waals surface area contributed by atoms with Crippen LogP contribution in [0.25, 0.3) is 0 Å². The third-order valence-corrected chi connectivity index (χ3v) is 1.41. The summed E-state index contributed by atoms with van der Waals surface area (Å²) in [6, 6.07) is 0. The second-order valence-electron chi connectivity index (χ2n) is 1.67. The molecule has 7 heteroatoms. The molecule has 0 aliphatic rings. The summed E-state index contributed by atoms with van der Waals surface area (Å²) < 4.78 is 0. The molecule has 0 aromatic heterocycles. The van der Waals surface area contributed by atoms with Crippen LogP contribution in [-0.4, -0.2) is 32.8 Å². The summed E-state index contributed by atoms with van der Waals surface area (Å²) in [7, 11) is 0. The van der Waals surface area contributed by atoms with Gasteiger partial charge in [0, 0.05) is 38.0 Å². The van der Waals surface area contributed by atoms with E-state index in [1.165, 1.54) is 0 Å². The summed E-state index contributed by atoms with van der Waals surface area (Å²) in [5.41, 5.74) is 0. The Bertz CT molecular complexity index is 127. The van der Waals surface area contributed by atoms with E-state index in [1.807, 2.05) is 0 Å². The van der Waals surface area contributed by atoms with Crippen molar-refractivity contribution in [2.75, 3.05) is 10.7 Å². The second kappa shape index (κ2) is 15.3. The van der Waals surface area contributed by atoms with Crippen LogP contribution in [0.15, 0.2) is 0 Å². The average Bonchev–Trinajstić information content (AvgIpc) is 1.87. The Morgan fingerprint density at radius 1 is 0.923 bits per heavy atom. The molecule has 0 saturated heterocycles. The Morgan fingerprint density at radius 3 is 1.15 bits per heavy atom. The number of alkyl halides is 2. The molecule has 4 nitrogen and oxygen atoms in total. The number of carbonyl (C=O) groups is 2. The number of rotatable bonds is 4. The van der Waals surface area contributed by atoms with Crippen LogP contribution in [0.3, 0.4) is 0 Å². The normalized spacial score (nSPS) is 7.54. The zero-order valence-electron chi connectivity index (χ0n) is 7.00. The van der Waals surface area contributed by atoms with Crippen molar-refractivity contribution in [3.63, 3.8) is 0 Å². The molecule has 13 heavy (non-hydrogen) atoms. The summed E-state index contributed by atoms with van der Waals surface area (Å²) in [6.07, 6.45) is 0.417. The van der Waals surface area contributed by atoms with E-state index in [0.29, 0.717) is 10.7 Å². The Balaban J connectivity index is -0.000000143. The van der Waals surface area contributed by atoms with E-state index in [0.717, 1.165) is 0 Å². The van der Waals surface area contributed by atoms with E-state index in [2.05, 4.69) is 31.9 Å². The molecule has 0 radical (unpaired) electrons. The molecule has 0 aromatic carbocycles. The van der Waals surface area contributed by atoms with Gasteiger partial charge in [-0.1, -0.05) is 31.9 Å². The third-order valence-electron chi connectivity index (χ3n) is 0.617. The molecule has 0 aliphatic carbocycles. The van der Waals surface area contributed by atoms with Gasteiger partial charge in [0.2, 0.25) is 0 Å². The molecule has 0 unspecified atom stereocenters. The number of hydrogen-bond acceptors (Lipinski definition) is 2. The fourth-order valence-corrected chi connectivity index (χ4v) is 0.840. The third kappa shape index (κ3) is 32.3. The van der Waals surface area contributed by atoms with Crippen molar-refractivity contribution in [3.05, 3.63) is 0 Å². The molecule has 0 aliphatic heterocycles. The van der Waals surface area contributed by atoms with E-state index in [-0.39, 0.29) is 40.1 Å². The first-order chi connectivity index (χ1) is 5.54. The Hall–Kier alpha value is 0.822. The van der Waals surface area contributed by atoms with Crippen LogP contribution in [0, 0.1) is 0 Å². The maximum absolute atomic E-state index is 9.57. The quantitative estimate of drug-likeness (QED) is 0.539. The minimum Gasteiger partial charge on any atom is -0.481 e. The number of halogens is 2. The van der Waals surface area contributed by atoms with Crippen LogP contribution in [-0.2, 0) is 36.9 Å². The fraction of sp³-hybridized carbons (Fsp3) is 0.667. The largest absolute Gasteiger partial charge is 0.481 e. The van der Waals surface area contributed by atoms with Crippen molar-refractivity contribution >= 4 is 43.8 Å². The molecule has 0 rings (SSSR count). The molecule has 0 atom stereocenters. The van der Waals surface area contributed by atoms with Crippen molar-refractivity contribution in [2.45, 2.75) is 12.8 Å². The minimum atomic E-state index is -0.758. The molecular weight excluding hydrogens is 408 g/mol. The van der Waals surface area contributed by atoms with Gasteiger partial charge in [-0.2, -0.15) is 0 Å². The van der Waals surface area contributed by atoms with Gasteiger partial charge in [0.1, 0.15) is 0 Å². The molecule has 0 saturated carbocycles. The fourth-order valence-electron chi connectivity index (χ4n) is 0.162. The summed E-state index contributed by atoms with van der Waals surface area (Å²) in [6.45, 7) is 0. The molecule has 2 N–H and O–H groups in total. The maximum atomic E-state index is 9.57. The standard InChI is InChI=1S/2C3H5BrO2.Cd/c2*4-2-1-3(5)6;/h2*1-2H2,(H,5,6);. The summed E-state index contributed by atoms with van der Waals surface area (Å²) >= 11 is 5.94. The molecule has 0 bridgehead atoms. The van der Waals surface area contributed by atoms with Crippen molar-refractivity contribution in [3.8, 4) is 0 Å². The Morgan fingerprint density at radius 2 is 1.15 bits per heavy atom. The van der Waals surface area contributed by atoms with E-state index < -0.39 is 11.9 Å². The summed E-state index contributed by atoms with van der Waals surface area (Å²) in [5.74, 6) is -1.52. The minimum absolute atomic E-state index is 0.